The molecule has 1 unspecified atom stereocenters. The Balaban J connectivity index is 1.68. The van der Waals surface area contributed by atoms with Gasteiger partial charge in [-0.15, -0.1) is 0 Å². The maximum Gasteiger partial charge on any atom is 0.338 e. The van der Waals surface area contributed by atoms with Gasteiger partial charge in [0.2, 0.25) is 0 Å². The van der Waals surface area contributed by atoms with E-state index in [1.54, 1.807) is 0 Å². The predicted octanol–water partition coefficient (Wildman–Crippen LogP) is 1.94. The van der Waals surface area contributed by atoms with Crippen molar-refractivity contribution in [2.75, 3.05) is 12.3 Å². The summed E-state index contributed by atoms with van der Waals surface area (Å²) in [6.45, 7) is -0.486. The topological polar surface area (TPSA) is 122 Å². The van der Waals surface area contributed by atoms with Gasteiger partial charge >= 0.3 is 11.9 Å². The maximum absolute atomic E-state index is 12.6. The first-order chi connectivity index (χ1) is 12.9. The van der Waals surface area contributed by atoms with Crippen molar-refractivity contribution in [1.29, 1.82) is 0 Å². The van der Waals surface area contributed by atoms with Gasteiger partial charge in [0.25, 0.3) is 5.91 Å². The third kappa shape index (κ3) is 4.44. The number of rotatable bonds is 5. The maximum atomic E-state index is 12.6. The molecule has 1 atom stereocenters. The van der Waals surface area contributed by atoms with Crippen molar-refractivity contribution in [3.05, 3.63) is 59.2 Å². The Labute approximate surface area is 156 Å². The third-order valence-corrected chi connectivity index (χ3v) is 4.42. The van der Waals surface area contributed by atoms with Gasteiger partial charge < -0.3 is 20.9 Å². The van der Waals surface area contributed by atoms with Gasteiger partial charge in [-0.05, 0) is 66.8 Å². The number of anilines is 1. The number of primary amides is 1. The highest BCUT2D eigenvalue weighted by molar-refractivity contribution is 5.91. The van der Waals surface area contributed by atoms with Crippen LogP contribution in [0.3, 0.4) is 0 Å². The van der Waals surface area contributed by atoms with Crippen molar-refractivity contribution in [2.24, 2.45) is 5.73 Å². The fraction of sp³-hybridized carbons (Fsp3) is 0.250. The van der Waals surface area contributed by atoms with Gasteiger partial charge in [0, 0.05) is 5.69 Å². The van der Waals surface area contributed by atoms with E-state index in [0.29, 0.717) is 17.9 Å². The summed E-state index contributed by atoms with van der Waals surface area (Å²) >= 11 is 0. The lowest BCUT2D eigenvalue weighted by Crippen LogP contribution is -2.23. The summed E-state index contributed by atoms with van der Waals surface area (Å²) in [5.74, 6) is -1.81. The van der Waals surface area contributed by atoms with Gasteiger partial charge in [-0.2, -0.15) is 0 Å². The second-order valence-electron chi connectivity index (χ2n) is 6.39. The molecule has 0 aromatic heterocycles. The molecule has 0 radical (unpaired) electrons. The minimum Gasteiger partial charge on any atom is -0.452 e. The Morgan fingerprint density at radius 3 is 2.52 bits per heavy atom. The van der Waals surface area contributed by atoms with Crippen LogP contribution in [0.2, 0.25) is 0 Å². The van der Waals surface area contributed by atoms with Gasteiger partial charge in [0.15, 0.2) is 6.61 Å². The van der Waals surface area contributed by atoms with Crippen LogP contribution in [0.15, 0.2) is 42.5 Å². The Morgan fingerprint density at radius 1 is 1.07 bits per heavy atom. The van der Waals surface area contributed by atoms with Crippen molar-refractivity contribution >= 4 is 23.5 Å². The molecule has 0 heterocycles. The normalized spacial score (nSPS) is 15.5. The minimum absolute atomic E-state index is 0.229. The molecule has 140 valence electrons. The standard InChI is InChI=1S/C20H20N2O5/c21-14-7-4-12-2-1-3-16(17(12)10-14)20(25)27-15-8-5-13(6-9-15)19(24)26-11-18(22)23/h4-10,16H,1-3,11,21H2,(H2,22,23). The van der Waals surface area contributed by atoms with E-state index in [0.717, 1.165) is 24.0 Å². The van der Waals surface area contributed by atoms with Crippen molar-refractivity contribution in [1.82, 2.24) is 0 Å². The molecule has 0 saturated carbocycles. The second-order valence-corrected chi connectivity index (χ2v) is 6.39. The number of hydrogen-bond acceptors (Lipinski definition) is 6. The molecule has 27 heavy (non-hydrogen) atoms. The average molecular weight is 368 g/mol. The number of nitrogen functional groups attached to an aromatic ring is 1. The molecule has 1 aliphatic carbocycles. The van der Waals surface area contributed by atoms with Crippen molar-refractivity contribution in [2.45, 2.75) is 25.2 Å². The van der Waals surface area contributed by atoms with E-state index in [1.165, 1.54) is 24.3 Å². The molecule has 3 rings (SSSR count). The van der Waals surface area contributed by atoms with Crippen LogP contribution in [-0.4, -0.2) is 24.5 Å². The average Bonchev–Trinajstić information content (AvgIpc) is 2.66. The van der Waals surface area contributed by atoms with Crippen LogP contribution in [0.5, 0.6) is 5.75 Å². The van der Waals surface area contributed by atoms with Gasteiger partial charge in [-0.3, -0.25) is 9.59 Å². The first-order valence-corrected chi connectivity index (χ1v) is 8.59. The van der Waals surface area contributed by atoms with E-state index >= 15 is 0 Å². The van der Waals surface area contributed by atoms with Crippen LogP contribution < -0.4 is 16.2 Å². The zero-order valence-corrected chi connectivity index (χ0v) is 14.6. The lowest BCUT2D eigenvalue weighted by atomic mass is 9.82. The fourth-order valence-corrected chi connectivity index (χ4v) is 3.13. The molecule has 7 nitrogen and oxygen atoms in total. The second kappa shape index (κ2) is 7.90. The number of carbonyl (C=O) groups is 3. The highest BCUT2D eigenvalue weighted by atomic mass is 16.5. The van der Waals surface area contributed by atoms with Crippen LogP contribution in [0, 0.1) is 0 Å². The van der Waals surface area contributed by atoms with E-state index < -0.39 is 18.5 Å². The molecule has 0 spiro atoms. The van der Waals surface area contributed by atoms with E-state index in [9.17, 15) is 14.4 Å². The van der Waals surface area contributed by atoms with E-state index in [1.807, 2.05) is 18.2 Å². The molecule has 4 N–H and O–H groups in total. The van der Waals surface area contributed by atoms with Crippen LogP contribution in [0.4, 0.5) is 5.69 Å². The molecule has 1 aliphatic rings. The van der Waals surface area contributed by atoms with Crippen LogP contribution in [-0.2, 0) is 20.7 Å². The fourth-order valence-electron chi connectivity index (χ4n) is 3.13. The summed E-state index contributed by atoms with van der Waals surface area (Å²) in [6, 6.07) is 11.5. The first kappa shape index (κ1) is 18.4. The number of benzene rings is 2. The summed E-state index contributed by atoms with van der Waals surface area (Å²) < 4.78 is 10.2. The number of hydrogen-bond donors (Lipinski definition) is 2. The lowest BCUT2D eigenvalue weighted by molar-refractivity contribution is -0.136. The van der Waals surface area contributed by atoms with Crippen molar-refractivity contribution in [3.63, 3.8) is 0 Å². The summed E-state index contributed by atoms with van der Waals surface area (Å²) in [4.78, 5) is 35.0. The molecular formula is C20H20N2O5. The molecule has 0 aliphatic heterocycles. The Hall–Kier alpha value is -3.35. The van der Waals surface area contributed by atoms with Crippen molar-refractivity contribution in [3.8, 4) is 5.75 Å². The quantitative estimate of drug-likeness (QED) is 0.472. The van der Waals surface area contributed by atoms with Gasteiger partial charge in [-0.25, -0.2) is 4.79 Å². The predicted molar refractivity (Wildman–Crippen MR) is 98.1 cm³/mol. The number of nitrogens with two attached hydrogens (primary N) is 2. The minimum atomic E-state index is -0.734. The molecule has 1 amide bonds. The first-order valence-electron chi connectivity index (χ1n) is 8.59. The number of fused-ring (bicyclic) bond motifs is 1. The molecule has 0 bridgehead atoms. The van der Waals surface area contributed by atoms with Crippen LogP contribution in [0.1, 0.15) is 40.2 Å². The van der Waals surface area contributed by atoms with Gasteiger partial charge in [0.1, 0.15) is 5.75 Å². The third-order valence-electron chi connectivity index (χ3n) is 4.42. The van der Waals surface area contributed by atoms with E-state index in [-0.39, 0.29) is 17.5 Å². The van der Waals surface area contributed by atoms with Gasteiger partial charge in [-0.1, -0.05) is 6.07 Å². The van der Waals surface area contributed by atoms with Crippen LogP contribution in [0.25, 0.3) is 0 Å². The number of ether oxygens (including phenoxy) is 2. The highest BCUT2D eigenvalue weighted by Gasteiger charge is 2.28. The molecule has 0 saturated heterocycles. The van der Waals surface area contributed by atoms with E-state index in [2.05, 4.69) is 0 Å². The van der Waals surface area contributed by atoms with E-state index in [4.69, 9.17) is 20.9 Å². The number of esters is 2. The van der Waals surface area contributed by atoms with Crippen LogP contribution >= 0.6 is 0 Å². The van der Waals surface area contributed by atoms with Gasteiger partial charge in [0.05, 0.1) is 11.5 Å². The smallest absolute Gasteiger partial charge is 0.338 e. The largest absolute Gasteiger partial charge is 0.452 e. The monoisotopic (exact) mass is 368 g/mol. The Morgan fingerprint density at radius 2 is 1.81 bits per heavy atom. The molecule has 7 heteroatoms. The zero-order chi connectivity index (χ0) is 19.4. The lowest BCUT2D eigenvalue weighted by Gasteiger charge is -2.24. The summed E-state index contributed by atoms with van der Waals surface area (Å²) in [7, 11) is 0. The Kier molecular flexibility index (Phi) is 5.40. The molecule has 2 aromatic rings. The number of carbonyl (C=O) groups excluding carboxylic acids is 3. The van der Waals surface area contributed by atoms with Crippen molar-refractivity contribution < 1.29 is 23.9 Å². The number of aryl methyl sites for hydroxylation is 1. The molecular weight excluding hydrogens is 348 g/mol. The Bertz CT molecular complexity index is 876. The summed E-state index contributed by atoms with van der Waals surface area (Å²) in [6.07, 6.45) is 2.52. The SMILES string of the molecule is NC(=O)COC(=O)c1ccc(OC(=O)C2CCCc3ccc(N)cc32)cc1. The summed E-state index contributed by atoms with van der Waals surface area (Å²) in [5.41, 5.74) is 13.7. The molecule has 0 fully saturated rings. The molecule has 2 aromatic carbocycles. The highest BCUT2D eigenvalue weighted by Crippen LogP contribution is 2.34. The number of amides is 1. The summed E-state index contributed by atoms with van der Waals surface area (Å²) in [5, 5.41) is 0. The zero-order valence-electron chi connectivity index (χ0n) is 14.6.